The highest BCUT2D eigenvalue weighted by Gasteiger charge is 2.23. The average molecular weight is 362 g/mol. The summed E-state index contributed by atoms with van der Waals surface area (Å²) in [5, 5.41) is 2.77. The lowest BCUT2D eigenvalue weighted by molar-refractivity contribution is 0.0991. The molecule has 1 N–H and O–H groups in total. The number of carbonyl (C=O) groups excluding carboxylic acids is 1. The predicted octanol–water partition coefficient (Wildman–Crippen LogP) is 3.44. The van der Waals surface area contributed by atoms with Crippen molar-refractivity contribution in [1.29, 1.82) is 0 Å². The van der Waals surface area contributed by atoms with E-state index in [1.807, 2.05) is 13.8 Å². The summed E-state index contributed by atoms with van der Waals surface area (Å²) in [6.07, 6.45) is 0. The van der Waals surface area contributed by atoms with Gasteiger partial charge in [0.1, 0.15) is 0 Å². The summed E-state index contributed by atoms with van der Waals surface area (Å²) in [5.74, 6) is -0.631. The Morgan fingerprint density at radius 3 is 2.46 bits per heavy atom. The average Bonchev–Trinajstić information content (AvgIpc) is 3.16. The molecule has 0 unspecified atom stereocenters. The van der Waals surface area contributed by atoms with Crippen molar-refractivity contribution in [3.8, 4) is 0 Å². The maximum atomic E-state index is 12.4. The van der Waals surface area contributed by atoms with Crippen LogP contribution in [0.3, 0.4) is 0 Å². The van der Waals surface area contributed by atoms with Gasteiger partial charge in [0.15, 0.2) is 10.9 Å². The van der Waals surface area contributed by atoms with Crippen molar-refractivity contribution in [2.45, 2.75) is 23.8 Å². The van der Waals surface area contributed by atoms with E-state index in [9.17, 15) is 13.2 Å². The van der Waals surface area contributed by atoms with Gasteiger partial charge in [0.05, 0.1) is 10.6 Å². The molecule has 0 radical (unpaired) electrons. The van der Waals surface area contributed by atoms with Gasteiger partial charge in [0.2, 0.25) is 14.9 Å². The van der Waals surface area contributed by atoms with Crippen molar-refractivity contribution < 1.29 is 17.6 Å². The number of anilines is 1. The first-order valence-electron chi connectivity index (χ1n) is 7.03. The summed E-state index contributed by atoms with van der Waals surface area (Å²) in [4.78, 5) is 17.5. The second-order valence-electron chi connectivity index (χ2n) is 5.05. The molecular weight excluding hydrogens is 348 g/mol. The second-order valence-corrected chi connectivity index (χ2v) is 8.13. The van der Waals surface area contributed by atoms with Crippen LogP contribution in [-0.4, -0.2) is 19.3 Å². The topological polar surface area (TPSA) is 89.3 Å². The van der Waals surface area contributed by atoms with E-state index in [1.54, 1.807) is 18.2 Å². The van der Waals surface area contributed by atoms with Gasteiger partial charge in [0, 0.05) is 4.88 Å². The molecule has 6 nitrogen and oxygen atoms in total. The highest BCUT2D eigenvalue weighted by Crippen LogP contribution is 2.25. The molecule has 24 heavy (non-hydrogen) atoms. The Hall–Kier alpha value is -2.45. The number of rotatable bonds is 4. The molecule has 0 aliphatic rings. The summed E-state index contributed by atoms with van der Waals surface area (Å²) in [7, 11) is -3.79. The molecule has 0 aliphatic carbocycles. The SMILES string of the molecule is Cc1nc(NC(=O)c2ccc(S(=O)(=O)c3ccccc3)o2)sc1C. The van der Waals surface area contributed by atoms with Gasteiger partial charge in [-0.25, -0.2) is 13.4 Å². The van der Waals surface area contributed by atoms with Gasteiger partial charge in [-0.05, 0) is 38.1 Å². The maximum Gasteiger partial charge on any atom is 0.293 e. The van der Waals surface area contributed by atoms with Crippen LogP contribution < -0.4 is 5.32 Å². The van der Waals surface area contributed by atoms with E-state index >= 15 is 0 Å². The first kappa shape index (κ1) is 16.4. The van der Waals surface area contributed by atoms with E-state index in [0.29, 0.717) is 5.13 Å². The third-order valence-electron chi connectivity index (χ3n) is 3.37. The fraction of sp³-hybridized carbons (Fsp3) is 0.125. The fourth-order valence-corrected chi connectivity index (χ4v) is 3.99. The maximum absolute atomic E-state index is 12.4. The molecule has 0 saturated heterocycles. The van der Waals surface area contributed by atoms with Gasteiger partial charge in [-0.3, -0.25) is 10.1 Å². The molecule has 1 amide bonds. The van der Waals surface area contributed by atoms with E-state index < -0.39 is 15.7 Å². The third kappa shape index (κ3) is 3.10. The first-order valence-corrected chi connectivity index (χ1v) is 9.33. The number of hydrogen-bond acceptors (Lipinski definition) is 6. The van der Waals surface area contributed by atoms with Crippen molar-refractivity contribution in [3.05, 3.63) is 58.8 Å². The molecule has 8 heteroatoms. The smallest absolute Gasteiger partial charge is 0.293 e. The minimum atomic E-state index is -3.79. The largest absolute Gasteiger partial charge is 0.439 e. The van der Waals surface area contributed by atoms with E-state index in [0.717, 1.165) is 10.6 Å². The van der Waals surface area contributed by atoms with Gasteiger partial charge >= 0.3 is 0 Å². The number of carbonyl (C=O) groups is 1. The van der Waals surface area contributed by atoms with E-state index in [4.69, 9.17) is 4.42 Å². The number of aromatic nitrogens is 1. The molecule has 0 saturated carbocycles. The van der Waals surface area contributed by atoms with Crippen LogP contribution in [-0.2, 0) is 9.84 Å². The van der Waals surface area contributed by atoms with Gasteiger partial charge in [-0.1, -0.05) is 18.2 Å². The molecule has 3 rings (SSSR count). The molecular formula is C16H14N2O4S2. The van der Waals surface area contributed by atoms with Gasteiger partial charge in [-0.15, -0.1) is 11.3 Å². The molecule has 0 bridgehead atoms. The Morgan fingerprint density at radius 2 is 1.83 bits per heavy atom. The molecule has 0 aliphatic heterocycles. The van der Waals surface area contributed by atoms with Crippen LogP contribution >= 0.6 is 11.3 Å². The van der Waals surface area contributed by atoms with Gasteiger partial charge in [0.25, 0.3) is 5.91 Å². The van der Waals surface area contributed by atoms with Crippen LogP contribution in [0, 0.1) is 13.8 Å². The zero-order valence-corrected chi connectivity index (χ0v) is 14.6. The zero-order valence-electron chi connectivity index (χ0n) is 12.9. The van der Waals surface area contributed by atoms with Crippen molar-refractivity contribution in [3.63, 3.8) is 0 Å². The van der Waals surface area contributed by atoms with Crippen LogP contribution in [0.15, 0.2) is 56.9 Å². The Balaban J connectivity index is 1.84. The van der Waals surface area contributed by atoms with E-state index in [2.05, 4.69) is 10.3 Å². The van der Waals surface area contributed by atoms with Gasteiger partial charge < -0.3 is 4.42 Å². The number of amides is 1. The minimum absolute atomic E-state index is 0.0880. The van der Waals surface area contributed by atoms with Crippen molar-refractivity contribution in [2.75, 3.05) is 5.32 Å². The molecule has 3 aromatic rings. The standard InChI is InChI=1S/C16H14N2O4S2/c1-10-11(2)23-16(17-10)18-15(19)13-8-9-14(22-13)24(20,21)12-6-4-3-5-7-12/h3-9H,1-2H3,(H,17,18,19). The quantitative estimate of drug-likeness (QED) is 0.768. The van der Waals surface area contributed by atoms with Crippen molar-refractivity contribution in [2.24, 2.45) is 0 Å². The lowest BCUT2D eigenvalue weighted by atomic mass is 10.4. The molecule has 0 fully saturated rings. The Labute approximate surface area is 143 Å². The minimum Gasteiger partial charge on any atom is -0.439 e. The molecule has 0 atom stereocenters. The zero-order chi connectivity index (χ0) is 17.3. The lowest BCUT2D eigenvalue weighted by Gasteiger charge is -2.01. The van der Waals surface area contributed by atoms with Crippen LogP contribution in [0.25, 0.3) is 0 Å². The number of nitrogens with zero attached hydrogens (tertiary/aromatic N) is 1. The number of nitrogens with one attached hydrogen (secondary N) is 1. The number of sulfone groups is 1. The Bertz CT molecular complexity index is 969. The van der Waals surface area contributed by atoms with Gasteiger partial charge in [-0.2, -0.15) is 0 Å². The molecule has 0 spiro atoms. The van der Waals surface area contributed by atoms with Crippen molar-refractivity contribution in [1.82, 2.24) is 4.98 Å². The van der Waals surface area contributed by atoms with Crippen LogP contribution in [0.4, 0.5) is 5.13 Å². The predicted molar refractivity (Wildman–Crippen MR) is 90.1 cm³/mol. The number of hydrogen-bond donors (Lipinski definition) is 1. The normalized spacial score (nSPS) is 11.4. The number of furan rings is 1. The molecule has 2 heterocycles. The number of thiazole rings is 1. The van der Waals surface area contributed by atoms with Crippen LogP contribution in [0.5, 0.6) is 0 Å². The highest BCUT2D eigenvalue weighted by atomic mass is 32.2. The van der Waals surface area contributed by atoms with E-state index in [-0.39, 0.29) is 15.7 Å². The van der Waals surface area contributed by atoms with Crippen LogP contribution in [0.1, 0.15) is 21.1 Å². The Kier molecular flexibility index (Phi) is 4.25. The monoisotopic (exact) mass is 362 g/mol. The molecule has 124 valence electrons. The number of benzene rings is 1. The summed E-state index contributed by atoms with van der Waals surface area (Å²) < 4.78 is 30.1. The third-order valence-corrected chi connectivity index (χ3v) is 6.00. The molecule has 2 aromatic heterocycles. The summed E-state index contributed by atoms with van der Waals surface area (Å²) in [6.45, 7) is 3.75. The Morgan fingerprint density at radius 1 is 1.12 bits per heavy atom. The fourth-order valence-electron chi connectivity index (χ4n) is 1.99. The summed E-state index contributed by atoms with van der Waals surface area (Å²) >= 11 is 1.34. The van der Waals surface area contributed by atoms with Crippen molar-refractivity contribution >= 4 is 32.2 Å². The lowest BCUT2D eigenvalue weighted by Crippen LogP contribution is -2.10. The number of aryl methyl sites for hydroxylation is 2. The second kappa shape index (κ2) is 6.21. The highest BCUT2D eigenvalue weighted by molar-refractivity contribution is 7.91. The summed E-state index contributed by atoms with van der Waals surface area (Å²) in [6, 6.07) is 10.5. The molecule has 1 aromatic carbocycles. The summed E-state index contributed by atoms with van der Waals surface area (Å²) in [5.41, 5.74) is 0.835. The van der Waals surface area contributed by atoms with Crippen LogP contribution in [0.2, 0.25) is 0 Å². The first-order chi connectivity index (χ1) is 11.4. The van der Waals surface area contributed by atoms with E-state index in [1.165, 1.54) is 35.6 Å².